The fourth-order valence-corrected chi connectivity index (χ4v) is 1.38. The minimum Gasteiger partial charge on any atom is -0.479 e. The number of carbonyl (C=O) groups excluding carboxylic acids is 1. The van der Waals surface area contributed by atoms with Gasteiger partial charge in [-0.15, -0.1) is 0 Å². The van der Waals surface area contributed by atoms with Gasteiger partial charge in [-0.2, -0.15) is 5.10 Å². The number of urea groups is 1. The first-order valence-electron chi connectivity index (χ1n) is 5.72. The van der Waals surface area contributed by atoms with Crippen LogP contribution >= 0.6 is 0 Å². The maximum atomic E-state index is 11.6. The molecule has 0 aliphatic rings. The summed E-state index contributed by atoms with van der Waals surface area (Å²) in [5, 5.41) is 18.0. The topological polar surface area (TPSA) is 96.2 Å². The molecule has 0 aromatic carbocycles. The van der Waals surface area contributed by atoms with Gasteiger partial charge in [0.05, 0.1) is 6.20 Å². The van der Waals surface area contributed by atoms with Gasteiger partial charge < -0.3 is 15.7 Å². The number of aromatic nitrogens is 2. The Morgan fingerprint density at radius 1 is 1.50 bits per heavy atom. The lowest BCUT2D eigenvalue weighted by Gasteiger charge is -2.16. The molecule has 1 aromatic heterocycles. The molecule has 0 saturated heterocycles. The number of aliphatic carboxylic acids is 1. The molecular formula is C11H18N4O3. The maximum absolute atomic E-state index is 11.6. The standard InChI is InChI=1S/C11H18N4O3/c1-4-7(2)13-11(18)14-9(10(16)17)8-5-12-15(3)6-8/h5-7,9H,4H2,1-3H3,(H,16,17)(H2,13,14,18). The van der Waals surface area contributed by atoms with E-state index in [0.29, 0.717) is 5.56 Å². The molecule has 18 heavy (non-hydrogen) atoms. The molecule has 1 heterocycles. The Morgan fingerprint density at radius 2 is 2.17 bits per heavy atom. The quantitative estimate of drug-likeness (QED) is 0.718. The number of rotatable bonds is 5. The van der Waals surface area contributed by atoms with Crippen molar-refractivity contribution in [1.82, 2.24) is 20.4 Å². The molecule has 7 heteroatoms. The van der Waals surface area contributed by atoms with Crippen LogP contribution in [0.4, 0.5) is 4.79 Å². The number of hydrogen-bond acceptors (Lipinski definition) is 3. The molecule has 0 radical (unpaired) electrons. The van der Waals surface area contributed by atoms with E-state index in [-0.39, 0.29) is 6.04 Å². The van der Waals surface area contributed by atoms with Gasteiger partial charge in [-0.3, -0.25) is 4.68 Å². The van der Waals surface area contributed by atoms with Crippen LogP contribution in [-0.4, -0.2) is 32.9 Å². The summed E-state index contributed by atoms with van der Waals surface area (Å²) in [6, 6.07) is -1.60. The Labute approximate surface area is 105 Å². The van der Waals surface area contributed by atoms with Crippen LogP contribution in [0.2, 0.25) is 0 Å². The van der Waals surface area contributed by atoms with E-state index in [1.165, 1.54) is 10.9 Å². The van der Waals surface area contributed by atoms with Gasteiger partial charge in [-0.05, 0) is 13.3 Å². The van der Waals surface area contributed by atoms with Crippen LogP contribution < -0.4 is 10.6 Å². The summed E-state index contributed by atoms with van der Waals surface area (Å²) >= 11 is 0. The largest absolute Gasteiger partial charge is 0.479 e. The van der Waals surface area contributed by atoms with Gasteiger partial charge in [0.1, 0.15) is 0 Å². The molecule has 0 saturated carbocycles. The summed E-state index contributed by atoms with van der Waals surface area (Å²) in [5.74, 6) is -1.12. The highest BCUT2D eigenvalue weighted by Crippen LogP contribution is 2.11. The second kappa shape index (κ2) is 6.04. The minimum atomic E-state index is -1.12. The van der Waals surface area contributed by atoms with Crippen LogP contribution in [-0.2, 0) is 11.8 Å². The fourth-order valence-electron chi connectivity index (χ4n) is 1.38. The van der Waals surface area contributed by atoms with Crippen molar-refractivity contribution < 1.29 is 14.7 Å². The Hall–Kier alpha value is -2.05. The summed E-state index contributed by atoms with van der Waals surface area (Å²) in [6.45, 7) is 3.78. The molecule has 7 nitrogen and oxygen atoms in total. The van der Waals surface area contributed by atoms with Crippen molar-refractivity contribution in [2.75, 3.05) is 0 Å². The van der Waals surface area contributed by atoms with Gasteiger partial charge in [0, 0.05) is 24.8 Å². The molecular weight excluding hydrogens is 236 g/mol. The van der Waals surface area contributed by atoms with Gasteiger partial charge in [0.25, 0.3) is 0 Å². The van der Waals surface area contributed by atoms with Crippen LogP contribution in [0.3, 0.4) is 0 Å². The Morgan fingerprint density at radius 3 is 2.61 bits per heavy atom. The third-order valence-electron chi connectivity index (χ3n) is 2.57. The molecule has 0 aliphatic carbocycles. The minimum absolute atomic E-state index is 0.00616. The lowest BCUT2D eigenvalue weighted by molar-refractivity contribution is -0.139. The van der Waals surface area contributed by atoms with Crippen molar-refractivity contribution in [3.05, 3.63) is 18.0 Å². The van der Waals surface area contributed by atoms with Crippen molar-refractivity contribution in [2.45, 2.75) is 32.4 Å². The van der Waals surface area contributed by atoms with Crippen LogP contribution in [0.1, 0.15) is 31.9 Å². The molecule has 100 valence electrons. The van der Waals surface area contributed by atoms with Crippen LogP contribution in [0.25, 0.3) is 0 Å². The monoisotopic (exact) mass is 254 g/mol. The molecule has 2 unspecified atom stereocenters. The molecule has 1 rings (SSSR count). The van der Waals surface area contributed by atoms with E-state index >= 15 is 0 Å². The Balaban J connectivity index is 2.70. The van der Waals surface area contributed by atoms with Gasteiger partial charge in [-0.1, -0.05) is 6.92 Å². The first kappa shape index (κ1) is 14.0. The Kier molecular flexibility index (Phi) is 4.70. The lowest BCUT2D eigenvalue weighted by Crippen LogP contribution is -2.44. The fraction of sp³-hybridized carbons (Fsp3) is 0.545. The molecule has 0 bridgehead atoms. The molecule has 2 atom stereocenters. The molecule has 2 amide bonds. The number of amides is 2. The van der Waals surface area contributed by atoms with Crippen molar-refractivity contribution in [3.8, 4) is 0 Å². The van der Waals surface area contributed by atoms with Gasteiger partial charge >= 0.3 is 12.0 Å². The SMILES string of the molecule is CCC(C)NC(=O)NC(C(=O)O)c1cnn(C)c1. The average molecular weight is 254 g/mol. The first-order chi connectivity index (χ1) is 8.43. The summed E-state index contributed by atoms with van der Waals surface area (Å²) in [6.07, 6.45) is 3.75. The molecule has 0 aliphatic heterocycles. The normalized spacial score (nSPS) is 13.7. The number of carboxylic acids is 1. The summed E-state index contributed by atoms with van der Waals surface area (Å²) in [4.78, 5) is 22.7. The highest BCUT2D eigenvalue weighted by Gasteiger charge is 2.23. The van der Waals surface area contributed by atoms with Gasteiger partial charge in [-0.25, -0.2) is 9.59 Å². The third kappa shape index (κ3) is 3.76. The van der Waals surface area contributed by atoms with Crippen molar-refractivity contribution in [1.29, 1.82) is 0 Å². The zero-order chi connectivity index (χ0) is 13.7. The molecule has 1 aromatic rings. The van der Waals surface area contributed by atoms with E-state index in [9.17, 15) is 9.59 Å². The highest BCUT2D eigenvalue weighted by molar-refractivity contribution is 5.83. The van der Waals surface area contributed by atoms with Gasteiger partial charge in [0.15, 0.2) is 6.04 Å². The second-order valence-corrected chi connectivity index (χ2v) is 4.15. The predicted octanol–water partition coefficient (Wildman–Crippen LogP) is 0.643. The van der Waals surface area contributed by atoms with E-state index in [2.05, 4.69) is 15.7 Å². The number of hydrogen-bond donors (Lipinski definition) is 3. The van der Waals surface area contributed by atoms with Crippen molar-refractivity contribution in [3.63, 3.8) is 0 Å². The van der Waals surface area contributed by atoms with Crippen LogP contribution in [0, 0.1) is 0 Å². The highest BCUT2D eigenvalue weighted by atomic mass is 16.4. The van der Waals surface area contributed by atoms with E-state index in [1.54, 1.807) is 13.2 Å². The summed E-state index contributed by atoms with van der Waals surface area (Å²) < 4.78 is 1.49. The van der Waals surface area contributed by atoms with Crippen LogP contribution in [0.15, 0.2) is 12.4 Å². The molecule has 3 N–H and O–H groups in total. The number of carboxylic acid groups (broad SMARTS) is 1. The predicted molar refractivity (Wildman–Crippen MR) is 65.0 cm³/mol. The summed E-state index contributed by atoms with van der Waals surface area (Å²) in [5.41, 5.74) is 0.435. The smallest absolute Gasteiger partial charge is 0.331 e. The first-order valence-corrected chi connectivity index (χ1v) is 5.72. The Bertz CT molecular complexity index is 430. The average Bonchev–Trinajstić information content (AvgIpc) is 2.71. The number of nitrogens with one attached hydrogen (secondary N) is 2. The number of aryl methyl sites for hydroxylation is 1. The van der Waals surface area contributed by atoms with Crippen LogP contribution in [0.5, 0.6) is 0 Å². The van der Waals surface area contributed by atoms with E-state index in [4.69, 9.17) is 5.11 Å². The van der Waals surface area contributed by atoms with E-state index in [1.807, 2.05) is 13.8 Å². The molecule has 0 fully saturated rings. The van der Waals surface area contributed by atoms with Crippen molar-refractivity contribution >= 4 is 12.0 Å². The van der Waals surface area contributed by atoms with E-state index < -0.39 is 18.0 Å². The zero-order valence-electron chi connectivity index (χ0n) is 10.7. The van der Waals surface area contributed by atoms with Crippen molar-refractivity contribution in [2.24, 2.45) is 7.05 Å². The third-order valence-corrected chi connectivity index (χ3v) is 2.57. The van der Waals surface area contributed by atoms with Gasteiger partial charge in [0.2, 0.25) is 0 Å². The lowest BCUT2D eigenvalue weighted by atomic mass is 10.1. The number of nitrogens with zero attached hydrogens (tertiary/aromatic N) is 2. The number of carbonyl (C=O) groups is 2. The van der Waals surface area contributed by atoms with E-state index in [0.717, 1.165) is 6.42 Å². The summed E-state index contributed by atoms with van der Waals surface area (Å²) in [7, 11) is 1.68. The zero-order valence-corrected chi connectivity index (χ0v) is 10.7. The maximum Gasteiger partial charge on any atom is 0.331 e. The second-order valence-electron chi connectivity index (χ2n) is 4.15. The molecule has 0 spiro atoms.